The fourth-order valence-electron chi connectivity index (χ4n) is 1.74. The zero-order chi connectivity index (χ0) is 13.5. The van der Waals surface area contributed by atoms with Gasteiger partial charge < -0.3 is 15.2 Å². The van der Waals surface area contributed by atoms with Gasteiger partial charge in [-0.1, -0.05) is 32.0 Å². The predicted octanol–water partition coefficient (Wildman–Crippen LogP) is 1.58. The van der Waals surface area contributed by atoms with Gasteiger partial charge in [-0.2, -0.15) is 0 Å². The molecule has 1 atom stereocenters. The van der Waals surface area contributed by atoms with Crippen LogP contribution in [0.1, 0.15) is 29.8 Å². The van der Waals surface area contributed by atoms with Gasteiger partial charge in [-0.05, 0) is 17.5 Å². The molecular formula is C14H21NO3. The van der Waals surface area contributed by atoms with Crippen molar-refractivity contribution in [1.82, 2.24) is 5.32 Å². The van der Waals surface area contributed by atoms with Crippen molar-refractivity contribution < 1.29 is 14.6 Å². The highest BCUT2D eigenvalue weighted by Gasteiger charge is 2.14. The lowest BCUT2D eigenvalue weighted by atomic mass is 10.0. The zero-order valence-corrected chi connectivity index (χ0v) is 11.1. The van der Waals surface area contributed by atoms with Crippen LogP contribution in [0.2, 0.25) is 0 Å². The summed E-state index contributed by atoms with van der Waals surface area (Å²) in [5, 5.41) is 12.5. The SMILES string of the molecule is COC(=O)c1ccccc1CNC(CO)C(C)C. The van der Waals surface area contributed by atoms with Crippen molar-refractivity contribution in [1.29, 1.82) is 0 Å². The van der Waals surface area contributed by atoms with Gasteiger partial charge in [0.15, 0.2) is 0 Å². The van der Waals surface area contributed by atoms with Crippen molar-refractivity contribution in [2.75, 3.05) is 13.7 Å². The molecule has 1 unspecified atom stereocenters. The van der Waals surface area contributed by atoms with Crippen molar-refractivity contribution in [3.8, 4) is 0 Å². The van der Waals surface area contributed by atoms with Crippen LogP contribution in [0, 0.1) is 5.92 Å². The molecule has 2 N–H and O–H groups in total. The number of aliphatic hydroxyl groups excluding tert-OH is 1. The number of ether oxygens (including phenoxy) is 1. The lowest BCUT2D eigenvalue weighted by Gasteiger charge is -2.20. The van der Waals surface area contributed by atoms with Gasteiger partial charge >= 0.3 is 5.97 Å². The van der Waals surface area contributed by atoms with Crippen molar-refractivity contribution in [3.63, 3.8) is 0 Å². The molecule has 1 aromatic carbocycles. The number of methoxy groups -OCH3 is 1. The molecule has 4 heteroatoms. The van der Waals surface area contributed by atoms with Crippen molar-refractivity contribution in [2.45, 2.75) is 26.4 Å². The molecule has 0 spiro atoms. The van der Waals surface area contributed by atoms with E-state index < -0.39 is 0 Å². The quantitative estimate of drug-likeness (QED) is 0.754. The molecule has 0 aliphatic heterocycles. The lowest BCUT2D eigenvalue weighted by molar-refractivity contribution is 0.0599. The molecule has 0 aliphatic rings. The van der Waals surface area contributed by atoms with Gasteiger partial charge in [0.2, 0.25) is 0 Å². The van der Waals surface area contributed by atoms with E-state index in [-0.39, 0.29) is 18.6 Å². The number of rotatable bonds is 6. The fourth-order valence-corrected chi connectivity index (χ4v) is 1.74. The topological polar surface area (TPSA) is 58.6 Å². The smallest absolute Gasteiger partial charge is 0.338 e. The largest absolute Gasteiger partial charge is 0.465 e. The Morgan fingerprint density at radius 3 is 2.61 bits per heavy atom. The molecule has 4 nitrogen and oxygen atoms in total. The van der Waals surface area contributed by atoms with Crippen LogP contribution < -0.4 is 5.32 Å². The van der Waals surface area contributed by atoms with Crippen LogP contribution in [0.15, 0.2) is 24.3 Å². The second kappa shape index (κ2) is 7.13. The van der Waals surface area contributed by atoms with E-state index in [1.165, 1.54) is 7.11 Å². The first-order valence-corrected chi connectivity index (χ1v) is 6.10. The zero-order valence-electron chi connectivity index (χ0n) is 11.1. The van der Waals surface area contributed by atoms with E-state index in [4.69, 9.17) is 4.74 Å². The highest BCUT2D eigenvalue weighted by molar-refractivity contribution is 5.90. The average molecular weight is 251 g/mol. The number of hydrogen-bond donors (Lipinski definition) is 2. The predicted molar refractivity (Wildman–Crippen MR) is 70.3 cm³/mol. The third-order valence-corrected chi connectivity index (χ3v) is 2.98. The van der Waals surface area contributed by atoms with E-state index >= 15 is 0 Å². The van der Waals surface area contributed by atoms with E-state index in [0.717, 1.165) is 5.56 Å². The Labute approximate surface area is 108 Å². The van der Waals surface area contributed by atoms with Gasteiger partial charge in [-0.3, -0.25) is 0 Å². The Kier molecular flexibility index (Phi) is 5.82. The first kappa shape index (κ1) is 14.7. The van der Waals surface area contributed by atoms with Gasteiger partial charge in [-0.15, -0.1) is 0 Å². The Balaban J connectivity index is 2.75. The van der Waals surface area contributed by atoms with E-state index in [2.05, 4.69) is 5.32 Å². The number of hydrogen-bond acceptors (Lipinski definition) is 4. The molecule has 100 valence electrons. The summed E-state index contributed by atoms with van der Waals surface area (Å²) in [4.78, 5) is 11.6. The maximum Gasteiger partial charge on any atom is 0.338 e. The fraction of sp³-hybridized carbons (Fsp3) is 0.500. The molecule has 0 aliphatic carbocycles. The van der Waals surface area contributed by atoms with E-state index in [9.17, 15) is 9.90 Å². The van der Waals surface area contributed by atoms with E-state index in [0.29, 0.717) is 18.0 Å². The van der Waals surface area contributed by atoms with Gasteiger partial charge in [0, 0.05) is 12.6 Å². The number of benzene rings is 1. The number of carbonyl (C=O) groups excluding carboxylic acids is 1. The summed E-state index contributed by atoms with van der Waals surface area (Å²) >= 11 is 0. The van der Waals surface area contributed by atoms with Crippen LogP contribution >= 0.6 is 0 Å². The molecule has 1 aromatic rings. The standard InChI is InChI=1S/C14H21NO3/c1-10(2)13(9-16)15-8-11-6-4-5-7-12(11)14(17)18-3/h4-7,10,13,15-16H,8-9H2,1-3H3. The summed E-state index contributed by atoms with van der Waals surface area (Å²) in [5.41, 5.74) is 1.44. The van der Waals surface area contributed by atoms with Crippen LogP contribution in [0.5, 0.6) is 0 Å². The van der Waals surface area contributed by atoms with Crippen molar-refractivity contribution >= 4 is 5.97 Å². The minimum absolute atomic E-state index is 0.0238. The Bertz CT molecular complexity index is 390. The Morgan fingerprint density at radius 1 is 1.39 bits per heavy atom. The molecular weight excluding hydrogens is 230 g/mol. The summed E-state index contributed by atoms with van der Waals surface area (Å²) in [6.07, 6.45) is 0. The first-order chi connectivity index (χ1) is 8.60. The van der Waals surface area contributed by atoms with Gasteiger partial charge in [0.05, 0.1) is 19.3 Å². The summed E-state index contributed by atoms with van der Waals surface area (Å²) in [7, 11) is 1.37. The molecule has 18 heavy (non-hydrogen) atoms. The normalized spacial score (nSPS) is 12.5. The van der Waals surface area contributed by atoms with Crippen LogP contribution in [0.3, 0.4) is 0 Å². The molecule has 0 radical (unpaired) electrons. The second-order valence-electron chi connectivity index (χ2n) is 4.56. The highest BCUT2D eigenvalue weighted by Crippen LogP contribution is 2.11. The highest BCUT2D eigenvalue weighted by atomic mass is 16.5. The Morgan fingerprint density at radius 2 is 2.06 bits per heavy atom. The lowest BCUT2D eigenvalue weighted by Crippen LogP contribution is -2.36. The molecule has 0 fully saturated rings. The van der Waals surface area contributed by atoms with Gasteiger partial charge in [-0.25, -0.2) is 4.79 Å². The third kappa shape index (κ3) is 3.82. The van der Waals surface area contributed by atoms with Crippen LogP contribution in [-0.4, -0.2) is 30.8 Å². The molecule has 1 rings (SSSR count). The molecule has 0 heterocycles. The maximum absolute atomic E-state index is 11.6. The number of nitrogens with one attached hydrogen (secondary N) is 1. The summed E-state index contributed by atoms with van der Waals surface area (Å²) in [6, 6.07) is 7.34. The molecule has 0 saturated heterocycles. The van der Waals surface area contributed by atoms with Crippen LogP contribution in [-0.2, 0) is 11.3 Å². The minimum Gasteiger partial charge on any atom is -0.465 e. The maximum atomic E-state index is 11.6. The third-order valence-electron chi connectivity index (χ3n) is 2.98. The molecule has 0 saturated carbocycles. The minimum atomic E-state index is -0.336. The van der Waals surface area contributed by atoms with Crippen molar-refractivity contribution in [3.05, 3.63) is 35.4 Å². The second-order valence-corrected chi connectivity index (χ2v) is 4.56. The van der Waals surface area contributed by atoms with Crippen LogP contribution in [0.25, 0.3) is 0 Å². The first-order valence-electron chi connectivity index (χ1n) is 6.10. The molecule has 0 bridgehead atoms. The monoisotopic (exact) mass is 251 g/mol. The van der Waals surface area contributed by atoms with Gasteiger partial charge in [0.25, 0.3) is 0 Å². The summed E-state index contributed by atoms with van der Waals surface area (Å²) < 4.78 is 4.74. The molecule has 0 amide bonds. The average Bonchev–Trinajstić information content (AvgIpc) is 2.38. The van der Waals surface area contributed by atoms with E-state index in [1.807, 2.05) is 32.0 Å². The van der Waals surface area contributed by atoms with E-state index in [1.54, 1.807) is 6.07 Å². The van der Waals surface area contributed by atoms with Crippen LogP contribution in [0.4, 0.5) is 0 Å². The number of aliphatic hydroxyl groups is 1. The van der Waals surface area contributed by atoms with Crippen molar-refractivity contribution in [2.24, 2.45) is 5.92 Å². The number of carbonyl (C=O) groups is 1. The Hall–Kier alpha value is -1.39. The number of esters is 1. The summed E-state index contributed by atoms with van der Waals surface area (Å²) in [5.74, 6) is -0.00205. The summed E-state index contributed by atoms with van der Waals surface area (Å²) in [6.45, 7) is 4.70. The van der Waals surface area contributed by atoms with Gasteiger partial charge in [0.1, 0.15) is 0 Å². The molecule has 0 aromatic heterocycles.